The molecule has 0 spiro atoms. The third-order valence-corrected chi connectivity index (χ3v) is 5.24. The van der Waals surface area contributed by atoms with E-state index in [-0.39, 0.29) is 7.43 Å². The largest absolute Gasteiger partial charge is 0.500 e. The summed E-state index contributed by atoms with van der Waals surface area (Å²) < 4.78 is 26.3. The molecule has 1 aliphatic rings. The number of hydrogen-bond donors (Lipinski definition) is 0. The highest BCUT2D eigenvalue weighted by Gasteiger charge is 2.36. The van der Waals surface area contributed by atoms with Gasteiger partial charge in [-0.15, -0.1) is 0 Å². The highest BCUT2D eigenvalue weighted by molar-refractivity contribution is 6.60. The summed E-state index contributed by atoms with van der Waals surface area (Å²) in [4.78, 5) is 0. The van der Waals surface area contributed by atoms with Gasteiger partial charge in [0.15, 0.2) is 0 Å². The van der Waals surface area contributed by atoms with Crippen molar-refractivity contribution >= 4 is 8.80 Å². The maximum Gasteiger partial charge on any atom is 0.500 e. The Hall–Kier alpha value is 0.0169. The second kappa shape index (κ2) is 8.16. The van der Waals surface area contributed by atoms with Crippen molar-refractivity contribution in [2.24, 2.45) is 0 Å². The zero-order valence-corrected chi connectivity index (χ0v) is 11.7. The zero-order valence-electron chi connectivity index (χ0n) is 10.7. The molecule has 1 unspecified atom stereocenters. The molecule has 0 saturated carbocycles. The maximum atomic E-state index is 5.42. The molecule has 1 aliphatic heterocycles. The van der Waals surface area contributed by atoms with Gasteiger partial charge >= 0.3 is 8.80 Å². The summed E-state index contributed by atoms with van der Waals surface area (Å²) in [5.74, 6) is 0. The first kappa shape index (κ1) is 16.0. The van der Waals surface area contributed by atoms with Gasteiger partial charge < -0.3 is 30.2 Å². The van der Waals surface area contributed by atoms with Crippen molar-refractivity contribution in [3.8, 4) is 0 Å². The molecule has 5 nitrogen and oxygen atoms in total. The van der Waals surface area contributed by atoms with Crippen LogP contribution >= 0.6 is 0 Å². The van der Waals surface area contributed by atoms with Crippen LogP contribution in [0.1, 0.15) is 6.42 Å². The van der Waals surface area contributed by atoms with Gasteiger partial charge in [-0.25, -0.2) is 0 Å². The minimum Gasteiger partial charge on any atom is -0.379 e. The van der Waals surface area contributed by atoms with Crippen LogP contribution < -0.4 is 0 Å². The molecule has 0 N–H and O–H groups in total. The van der Waals surface area contributed by atoms with Crippen LogP contribution in [0.15, 0.2) is 0 Å². The fourth-order valence-corrected chi connectivity index (χ4v) is 3.02. The SMILES string of the molecule is CO[Si](CCCOCC1CO1)(OC)OC.[CH3-]. The lowest BCUT2D eigenvalue weighted by Crippen LogP contribution is -2.42. The summed E-state index contributed by atoms with van der Waals surface area (Å²) in [6.45, 7) is 2.24. The molecule has 16 heavy (non-hydrogen) atoms. The van der Waals surface area contributed by atoms with Crippen LogP contribution in [0, 0.1) is 7.43 Å². The minimum absolute atomic E-state index is 0. The summed E-state index contributed by atoms with van der Waals surface area (Å²) in [6.07, 6.45) is 1.22. The normalized spacial score (nSPS) is 19.3. The van der Waals surface area contributed by atoms with Crippen LogP contribution in [-0.4, -0.2) is 56.1 Å². The molecule has 0 amide bonds. The summed E-state index contributed by atoms with van der Waals surface area (Å²) >= 11 is 0. The van der Waals surface area contributed by atoms with E-state index < -0.39 is 8.80 Å². The lowest BCUT2D eigenvalue weighted by molar-refractivity contribution is 0.100. The number of hydrogen-bond acceptors (Lipinski definition) is 5. The molecule has 98 valence electrons. The van der Waals surface area contributed by atoms with Crippen molar-refractivity contribution < 1.29 is 22.8 Å². The van der Waals surface area contributed by atoms with Gasteiger partial charge in [0.2, 0.25) is 0 Å². The Morgan fingerprint density at radius 2 is 1.75 bits per heavy atom. The Kier molecular flexibility index (Phi) is 8.17. The first-order valence-electron chi connectivity index (χ1n) is 5.11. The number of ether oxygens (including phenoxy) is 2. The molecule has 1 fully saturated rings. The summed E-state index contributed by atoms with van der Waals surface area (Å²) in [5.41, 5.74) is 0. The van der Waals surface area contributed by atoms with Gasteiger partial charge in [-0.3, -0.25) is 0 Å². The van der Waals surface area contributed by atoms with E-state index in [0.717, 1.165) is 19.1 Å². The lowest BCUT2D eigenvalue weighted by atomic mass is 10.5. The molecule has 0 aliphatic carbocycles. The second-order valence-corrected chi connectivity index (χ2v) is 6.52. The molecule has 0 bridgehead atoms. The molecule has 0 radical (unpaired) electrons. The van der Waals surface area contributed by atoms with Gasteiger partial charge in [0.1, 0.15) is 6.10 Å². The molecular weight excluding hydrogens is 228 g/mol. The topological polar surface area (TPSA) is 49.5 Å². The summed E-state index contributed by atoms with van der Waals surface area (Å²) in [6, 6.07) is 0.780. The van der Waals surface area contributed by atoms with Crippen molar-refractivity contribution in [3.63, 3.8) is 0 Å². The van der Waals surface area contributed by atoms with Crippen molar-refractivity contribution in [3.05, 3.63) is 7.43 Å². The fraction of sp³-hybridized carbons (Fsp3) is 0.900. The van der Waals surface area contributed by atoms with E-state index in [4.69, 9.17) is 22.8 Å². The molecule has 6 heteroatoms. The van der Waals surface area contributed by atoms with E-state index in [1.165, 1.54) is 0 Å². The third-order valence-electron chi connectivity index (χ3n) is 2.41. The predicted octanol–water partition coefficient (Wildman–Crippen LogP) is 1.12. The monoisotopic (exact) mass is 251 g/mol. The minimum atomic E-state index is -2.39. The van der Waals surface area contributed by atoms with Crippen molar-refractivity contribution in [2.45, 2.75) is 18.6 Å². The third kappa shape index (κ3) is 5.38. The first-order valence-corrected chi connectivity index (χ1v) is 7.04. The van der Waals surface area contributed by atoms with Gasteiger partial charge in [0.05, 0.1) is 13.2 Å². The van der Waals surface area contributed by atoms with Crippen molar-refractivity contribution in [1.29, 1.82) is 0 Å². The van der Waals surface area contributed by atoms with Crippen molar-refractivity contribution in [2.75, 3.05) is 41.2 Å². The standard InChI is InChI=1S/C9H20O5Si.CH3/c1-10-15(11-2,12-3)6-4-5-13-7-9-8-14-9;/h9H,4-8H2,1-3H3;1H3/q;-1. The van der Waals surface area contributed by atoms with E-state index >= 15 is 0 Å². The molecule has 1 atom stereocenters. The molecular formula is C10H23O5Si-. The Morgan fingerprint density at radius 1 is 1.19 bits per heavy atom. The highest BCUT2D eigenvalue weighted by atomic mass is 28.4. The second-order valence-electron chi connectivity index (χ2n) is 3.43. The summed E-state index contributed by atoms with van der Waals surface area (Å²) in [5, 5.41) is 0. The molecule has 0 aromatic carbocycles. The molecule has 1 rings (SSSR count). The van der Waals surface area contributed by atoms with Crippen LogP contribution in [0.25, 0.3) is 0 Å². The van der Waals surface area contributed by atoms with E-state index in [9.17, 15) is 0 Å². The van der Waals surface area contributed by atoms with Gasteiger partial charge in [0.25, 0.3) is 0 Å². The van der Waals surface area contributed by atoms with Crippen LogP contribution in [0.3, 0.4) is 0 Å². The van der Waals surface area contributed by atoms with E-state index in [1.54, 1.807) is 21.3 Å². The average Bonchev–Trinajstić information content (AvgIpc) is 3.08. The Balaban J connectivity index is 0.00000225. The Labute approximate surface area is 99.3 Å². The molecule has 0 aromatic heterocycles. The smallest absolute Gasteiger partial charge is 0.379 e. The maximum absolute atomic E-state index is 5.42. The Bertz CT molecular complexity index is 162. The lowest BCUT2D eigenvalue weighted by Gasteiger charge is -2.24. The van der Waals surface area contributed by atoms with Crippen LogP contribution in [0.2, 0.25) is 6.04 Å². The van der Waals surface area contributed by atoms with Gasteiger partial charge in [-0.1, -0.05) is 0 Å². The number of epoxide rings is 1. The van der Waals surface area contributed by atoms with Crippen LogP contribution in [0.5, 0.6) is 0 Å². The van der Waals surface area contributed by atoms with E-state index in [0.29, 0.717) is 19.3 Å². The average molecular weight is 251 g/mol. The first-order chi connectivity index (χ1) is 7.26. The quantitative estimate of drug-likeness (QED) is 0.266. The number of rotatable bonds is 9. The van der Waals surface area contributed by atoms with Gasteiger partial charge in [-0.2, -0.15) is 0 Å². The fourth-order valence-electron chi connectivity index (χ4n) is 1.33. The highest BCUT2D eigenvalue weighted by Crippen LogP contribution is 2.15. The van der Waals surface area contributed by atoms with E-state index in [2.05, 4.69) is 0 Å². The van der Waals surface area contributed by atoms with Gasteiger partial charge in [-0.05, 0) is 6.42 Å². The van der Waals surface area contributed by atoms with Gasteiger partial charge in [0, 0.05) is 34.0 Å². The van der Waals surface area contributed by atoms with E-state index in [1.807, 2.05) is 0 Å². The van der Waals surface area contributed by atoms with Crippen LogP contribution in [-0.2, 0) is 22.8 Å². The summed E-state index contributed by atoms with van der Waals surface area (Å²) in [7, 11) is 2.48. The predicted molar refractivity (Wildman–Crippen MR) is 63.2 cm³/mol. The molecule has 1 heterocycles. The Morgan fingerprint density at radius 3 is 2.19 bits per heavy atom. The zero-order chi connectivity index (χ0) is 11.1. The van der Waals surface area contributed by atoms with Crippen molar-refractivity contribution in [1.82, 2.24) is 0 Å². The van der Waals surface area contributed by atoms with Crippen LogP contribution in [0.4, 0.5) is 0 Å². The molecule has 0 aromatic rings. The molecule has 1 saturated heterocycles.